The maximum atomic E-state index is 11.9. The van der Waals surface area contributed by atoms with Crippen molar-refractivity contribution in [3.8, 4) is 0 Å². The molecule has 0 N–H and O–H groups in total. The van der Waals surface area contributed by atoms with E-state index >= 15 is 0 Å². The maximum Gasteiger partial charge on any atom is 0.164 e. The minimum absolute atomic E-state index is 0.0697. The van der Waals surface area contributed by atoms with Crippen molar-refractivity contribution in [1.82, 2.24) is 9.78 Å². The first kappa shape index (κ1) is 15.4. The topological polar surface area (TPSA) is 44.1 Å². The van der Waals surface area contributed by atoms with Crippen molar-refractivity contribution in [2.75, 3.05) is 6.61 Å². The fraction of sp³-hybridized carbons (Fsp3) is 0.692. The van der Waals surface area contributed by atoms with Crippen LogP contribution in [0.5, 0.6) is 0 Å². The number of aryl methyl sites for hydroxylation is 2. The molecule has 1 rings (SSSR count). The Labute approximate surface area is 117 Å². The molecular formula is C13H21BrN2O2. The van der Waals surface area contributed by atoms with Gasteiger partial charge in [-0.15, -0.1) is 0 Å². The summed E-state index contributed by atoms with van der Waals surface area (Å²) >= 11 is 3.48. The minimum atomic E-state index is -0.284. The Balaban J connectivity index is 2.70. The van der Waals surface area contributed by atoms with Crippen molar-refractivity contribution in [3.63, 3.8) is 0 Å². The summed E-state index contributed by atoms with van der Waals surface area (Å²) in [5, 5.41) is 4.37. The highest BCUT2D eigenvalue weighted by molar-refractivity contribution is 9.10. The average molecular weight is 317 g/mol. The number of ether oxygens (including phenoxy) is 1. The molecule has 0 aromatic carbocycles. The Morgan fingerprint density at radius 3 is 2.56 bits per heavy atom. The monoisotopic (exact) mass is 316 g/mol. The van der Waals surface area contributed by atoms with Gasteiger partial charge < -0.3 is 4.74 Å². The summed E-state index contributed by atoms with van der Waals surface area (Å²) < 4.78 is 8.27. The SMILES string of the molecule is CCn1nc(C)c(Br)c1CC(=O)COC(C)(C)C. The Morgan fingerprint density at radius 2 is 2.06 bits per heavy atom. The van der Waals surface area contributed by atoms with E-state index in [-0.39, 0.29) is 18.0 Å². The van der Waals surface area contributed by atoms with Crippen molar-refractivity contribution < 1.29 is 9.53 Å². The molecule has 0 bridgehead atoms. The van der Waals surface area contributed by atoms with Crippen LogP contribution in [0, 0.1) is 6.92 Å². The van der Waals surface area contributed by atoms with Gasteiger partial charge in [0.15, 0.2) is 5.78 Å². The fourth-order valence-corrected chi connectivity index (χ4v) is 2.00. The molecule has 0 unspecified atom stereocenters. The predicted molar refractivity (Wildman–Crippen MR) is 74.8 cm³/mol. The summed E-state index contributed by atoms with van der Waals surface area (Å²) in [5.41, 5.74) is 1.56. The molecule has 0 saturated heterocycles. The van der Waals surface area contributed by atoms with Gasteiger partial charge in [-0.2, -0.15) is 5.10 Å². The highest BCUT2D eigenvalue weighted by atomic mass is 79.9. The van der Waals surface area contributed by atoms with Crippen LogP contribution in [0.2, 0.25) is 0 Å². The van der Waals surface area contributed by atoms with Gasteiger partial charge in [-0.1, -0.05) is 0 Å². The van der Waals surface area contributed by atoms with Gasteiger partial charge in [-0.25, -0.2) is 0 Å². The number of halogens is 1. The molecule has 0 aliphatic heterocycles. The van der Waals surface area contributed by atoms with E-state index in [1.54, 1.807) is 0 Å². The van der Waals surface area contributed by atoms with Gasteiger partial charge in [-0.3, -0.25) is 9.48 Å². The van der Waals surface area contributed by atoms with E-state index in [2.05, 4.69) is 21.0 Å². The highest BCUT2D eigenvalue weighted by Gasteiger charge is 2.18. The molecule has 0 fully saturated rings. The molecule has 102 valence electrons. The first-order valence-corrected chi connectivity index (χ1v) is 6.91. The van der Waals surface area contributed by atoms with Crippen LogP contribution in [0.25, 0.3) is 0 Å². The molecular weight excluding hydrogens is 296 g/mol. The molecule has 1 heterocycles. The zero-order chi connectivity index (χ0) is 13.9. The molecule has 0 spiro atoms. The lowest BCUT2D eigenvalue weighted by molar-refractivity contribution is -0.127. The normalized spacial score (nSPS) is 11.9. The van der Waals surface area contributed by atoms with Gasteiger partial charge >= 0.3 is 0 Å². The van der Waals surface area contributed by atoms with Crippen LogP contribution < -0.4 is 0 Å². The second-order valence-corrected chi connectivity index (χ2v) is 6.07. The van der Waals surface area contributed by atoms with Gasteiger partial charge in [-0.05, 0) is 50.5 Å². The van der Waals surface area contributed by atoms with Crippen molar-refractivity contribution in [2.45, 2.75) is 53.2 Å². The number of carbonyl (C=O) groups is 1. The molecule has 5 heteroatoms. The molecule has 0 amide bonds. The predicted octanol–water partition coefficient (Wildman–Crippen LogP) is 2.90. The van der Waals surface area contributed by atoms with Crippen LogP contribution in [0.15, 0.2) is 4.47 Å². The molecule has 0 aliphatic carbocycles. The minimum Gasteiger partial charge on any atom is -0.368 e. The number of rotatable bonds is 5. The van der Waals surface area contributed by atoms with Crippen molar-refractivity contribution in [1.29, 1.82) is 0 Å². The van der Waals surface area contributed by atoms with Crippen LogP contribution in [-0.4, -0.2) is 27.8 Å². The summed E-state index contributed by atoms with van der Waals surface area (Å²) in [4.78, 5) is 11.9. The first-order valence-electron chi connectivity index (χ1n) is 6.12. The second-order valence-electron chi connectivity index (χ2n) is 5.28. The summed E-state index contributed by atoms with van der Waals surface area (Å²) in [6.45, 7) is 10.7. The number of nitrogens with zero attached hydrogens (tertiary/aromatic N) is 2. The van der Waals surface area contributed by atoms with Crippen LogP contribution >= 0.6 is 15.9 Å². The third-order valence-corrected chi connectivity index (χ3v) is 3.52. The quantitative estimate of drug-likeness (QED) is 0.839. The average Bonchev–Trinajstić information content (AvgIpc) is 2.53. The zero-order valence-corrected chi connectivity index (χ0v) is 13.3. The van der Waals surface area contributed by atoms with Gasteiger partial charge in [0, 0.05) is 6.54 Å². The summed E-state index contributed by atoms with van der Waals surface area (Å²) in [5.74, 6) is 0.0697. The molecule has 0 aliphatic rings. The van der Waals surface area contributed by atoms with Gasteiger partial charge in [0.25, 0.3) is 0 Å². The van der Waals surface area contributed by atoms with E-state index in [0.29, 0.717) is 6.42 Å². The van der Waals surface area contributed by atoms with E-state index in [0.717, 1.165) is 22.4 Å². The lowest BCUT2D eigenvalue weighted by Crippen LogP contribution is -2.25. The van der Waals surface area contributed by atoms with E-state index < -0.39 is 0 Å². The lowest BCUT2D eigenvalue weighted by atomic mass is 10.2. The number of Topliss-reactive ketones (excluding diaryl/α,β-unsaturated/α-hetero) is 1. The zero-order valence-electron chi connectivity index (χ0n) is 11.7. The Kier molecular flexibility index (Phi) is 5.10. The number of carbonyl (C=O) groups excluding carboxylic acids is 1. The number of aromatic nitrogens is 2. The lowest BCUT2D eigenvalue weighted by Gasteiger charge is -2.18. The largest absolute Gasteiger partial charge is 0.368 e. The fourth-order valence-electron chi connectivity index (χ4n) is 1.57. The molecule has 1 aromatic rings. The van der Waals surface area contributed by atoms with Crippen LogP contribution in [0.3, 0.4) is 0 Å². The van der Waals surface area contributed by atoms with Crippen LogP contribution in [0.4, 0.5) is 0 Å². The third kappa shape index (κ3) is 4.21. The Morgan fingerprint density at radius 1 is 1.44 bits per heavy atom. The summed E-state index contributed by atoms with van der Waals surface area (Å²) in [6, 6.07) is 0. The Hall–Kier alpha value is -0.680. The highest BCUT2D eigenvalue weighted by Crippen LogP contribution is 2.21. The summed E-state index contributed by atoms with van der Waals surface area (Å²) in [7, 11) is 0. The molecule has 0 radical (unpaired) electrons. The number of hydrogen-bond acceptors (Lipinski definition) is 3. The number of hydrogen-bond donors (Lipinski definition) is 0. The van der Waals surface area contributed by atoms with Crippen LogP contribution in [0.1, 0.15) is 39.1 Å². The van der Waals surface area contributed by atoms with Crippen molar-refractivity contribution in [3.05, 3.63) is 15.9 Å². The van der Waals surface area contributed by atoms with Crippen molar-refractivity contribution >= 4 is 21.7 Å². The molecule has 18 heavy (non-hydrogen) atoms. The second kappa shape index (κ2) is 5.97. The van der Waals surface area contributed by atoms with E-state index in [1.807, 2.05) is 39.3 Å². The van der Waals surface area contributed by atoms with E-state index in [9.17, 15) is 4.79 Å². The molecule has 0 atom stereocenters. The van der Waals surface area contributed by atoms with E-state index in [1.165, 1.54) is 0 Å². The van der Waals surface area contributed by atoms with Gasteiger partial charge in [0.1, 0.15) is 6.61 Å². The summed E-state index contributed by atoms with van der Waals surface area (Å²) in [6.07, 6.45) is 0.353. The molecule has 0 saturated carbocycles. The third-order valence-electron chi connectivity index (χ3n) is 2.48. The van der Waals surface area contributed by atoms with E-state index in [4.69, 9.17) is 4.74 Å². The smallest absolute Gasteiger partial charge is 0.164 e. The van der Waals surface area contributed by atoms with Crippen LogP contribution in [-0.2, 0) is 22.5 Å². The van der Waals surface area contributed by atoms with Gasteiger partial charge in [0.05, 0.1) is 27.9 Å². The maximum absolute atomic E-state index is 11.9. The molecule has 4 nitrogen and oxygen atoms in total. The first-order chi connectivity index (χ1) is 8.24. The van der Waals surface area contributed by atoms with Crippen molar-refractivity contribution in [2.24, 2.45) is 0 Å². The number of ketones is 1. The standard InChI is InChI=1S/C13H21BrN2O2/c1-6-16-11(12(14)9(2)15-16)7-10(17)8-18-13(3,4)5/h6-8H2,1-5H3. The molecule has 1 aromatic heterocycles. The van der Waals surface area contributed by atoms with Gasteiger partial charge in [0.2, 0.25) is 0 Å². The Bertz CT molecular complexity index is 433.